The third-order valence-electron chi connectivity index (χ3n) is 3.98. The second-order valence-corrected chi connectivity index (χ2v) is 6.41. The molecule has 0 aliphatic rings. The van der Waals surface area contributed by atoms with Crippen LogP contribution >= 0.6 is 15.9 Å². The maximum Gasteiger partial charge on any atom is 0.311 e. The molecule has 0 fully saturated rings. The number of halogens is 1. The van der Waals surface area contributed by atoms with E-state index in [0.29, 0.717) is 22.3 Å². The highest BCUT2D eigenvalue weighted by molar-refractivity contribution is 9.10. The van der Waals surface area contributed by atoms with E-state index < -0.39 is 4.92 Å². The van der Waals surface area contributed by atoms with Gasteiger partial charge in [-0.25, -0.2) is 4.98 Å². The number of hydrogen-bond donors (Lipinski definition) is 1. The Morgan fingerprint density at radius 2 is 2.00 bits per heavy atom. The van der Waals surface area contributed by atoms with E-state index in [0.717, 1.165) is 10.0 Å². The summed E-state index contributed by atoms with van der Waals surface area (Å²) in [6.45, 7) is 1.96. The van der Waals surface area contributed by atoms with Crippen molar-refractivity contribution >= 4 is 38.2 Å². The molecule has 1 N–H and O–H groups in total. The summed E-state index contributed by atoms with van der Waals surface area (Å²) in [5, 5.41) is 15.4. The highest BCUT2D eigenvalue weighted by atomic mass is 79.9. The molecule has 0 aliphatic carbocycles. The molecule has 0 bridgehead atoms. The van der Waals surface area contributed by atoms with Gasteiger partial charge in [0.1, 0.15) is 17.6 Å². The largest absolute Gasteiger partial charge is 0.496 e. The molecule has 7 heteroatoms. The third-order valence-corrected chi connectivity index (χ3v) is 4.60. The van der Waals surface area contributed by atoms with Crippen LogP contribution in [0.25, 0.3) is 10.9 Å². The summed E-state index contributed by atoms with van der Waals surface area (Å²) in [7, 11) is 1.55. The molecule has 0 spiro atoms. The number of pyridine rings is 1. The summed E-state index contributed by atoms with van der Waals surface area (Å²) < 4.78 is 6.07. The number of methoxy groups -OCH3 is 1. The molecular weight excluding hydrogens is 386 g/mol. The summed E-state index contributed by atoms with van der Waals surface area (Å²) >= 11 is 3.42. The van der Waals surface area contributed by atoms with Crippen LogP contribution in [0.1, 0.15) is 18.5 Å². The molecule has 3 rings (SSSR count). The molecule has 2 aromatic carbocycles. The van der Waals surface area contributed by atoms with Crippen molar-refractivity contribution in [2.24, 2.45) is 0 Å². The molecule has 0 amide bonds. The Morgan fingerprint density at radius 1 is 1.28 bits per heavy atom. The number of hydrogen-bond acceptors (Lipinski definition) is 5. The first kappa shape index (κ1) is 17.2. The number of rotatable bonds is 5. The molecule has 1 atom stereocenters. The summed E-state index contributed by atoms with van der Waals surface area (Å²) in [5.74, 6) is 0.588. The van der Waals surface area contributed by atoms with Crippen LogP contribution < -0.4 is 10.1 Å². The number of nitrogens with zero attached hydrogens (tertiary/aromatic N) is 2. The molecular formula is C18H16BrN3O3. The van der Waals surface area contributed by atoms with E-state index >= 15 is 0 Å². The Morgan fingerprint density at radius 3 is 2.64 bits per heavy atom. The fourth-order valence-electron chi connectivity index (χ4n) is 2.67. The van der Waals surface area contributed by atoms with Crippen LogP contribution in [0.2, 0.25) is 0 Å². The van der Waals surface area contributed by atoms with Crippen molar-refractivity contribution in [3.8, 4) is 5.75 Å². The van der Waals surface area contributed by atoms with Crippen LogP contribution in [-0.4, -0.2) is 17.0 Å². The van der Waals surface area contributed by atoms with Crippen molar-refractivity contribution in [1.29, 1.82) is 0 Å². The number of aromatic nitrogens is 1. The van der Waals surface area contributed by atoms with Crippen LogP contribution in [-0.2, 0) is 0 Å². The first-order chi connectivity index (χ1) is 12.0. The molecule has 1 aromatic heterocycles. The first-order valence-electron chi connectivity index (χ1n) is 7.63. The molecule has 0 unspecified atom stereocenters. The van der Waals surface area contributed by atoms with Crippen LogP contribution in [0.3, 0.4) is 0 Å². The van der Waals surface area contributed by atoms with Gasteiger partial charge in [0, 0.05) is 11.4 Å². The zero-order valence-electron chi connectivity index (χ0n) is 13.7. The summed E-state index contributed by atoms with van der Waals surface area (Å²) in [6.07, 6.45) is 1.28. The van der Waals surface area contributed by atoms with E-state index in [1.54, 1.807) is 19.2 Å². The van der Waals surface area contributed by atoms with Crippen molar-refractivity contribution in [2.75, 3.05) is 12.4 Å². The molecule has 0 saturated heterocycles. The van der Waals surface area contributed by atoms with Crippen LogP contribution in [0.4, 0.5) is 11.4 Å². The van der Waals surface area contributed by atoms with Gasteiger partial charge in [-0.15, -0.1) is 0 Å². The minimum absolute atomic E-state index is 0.0698. The lowest BCUT2D eigenvalue weighted by Crippen LogP contribution is -2.09. The minimum atomic E-state index is -0.430. The van der Waals surface area contributed by atoms with E-state index in [9.17, 15) is 10.1 Å². The average molecular weight is 402 g/mol. The Balaban J connectivity index is 2.16. The third kappa shape index (κ3) is 3.41. The fraction of sp³-hybridized carbons (Fsp3) is 0.167. The number of anilines is 1. The predicted octanol–water partition coefficient (Wildman–Crippen LogP) is 5.09. The second kappa shape index (κ2) is 7.06. The van der Waals surface area contributed by atoms with Crippen molar-refractivity contribution < 1.29 is 9.66 Å². The van der Waals surface area contributed by atoms with Crippen molar-refractivity contribution in [2.45, 2.75) is 13.0 Å². The normalized spacial score (nSPS) is 12.0. The molecule has 1 heterocycles. The molecule has 0 saturated carbocycles. The molecule has 0 aliphatic heterocycles. The number of fused-ring (bicyclic) bond motifs is 1. The average Bonchev–Trinajstić information content (AvgIpc) is 2.61. The van der Waals surface area contributed by atoms with Crippen molar-refractivity contribution in [1.82, 2.24) is 4.98 Å². The lowest BCUT2D eigenvalue weighted by molar-refractivity contribution is -0.384. The van der Waals surface area contributed by atoms with Gasteiger partial charge in [0.2, 0.25) is 0 Å². The maximum atomic E-state index is 11.5. The standard InChI is InChI=1S/C18H16BrN3O3/c1-11(12-6-4-3-5-7-12)21-18-13-8-17(25-2)14(19)9-15(13)20-10-16(18)22(23)24/h3-11H,1-2H3,(H,20,21)/t11-/m1/s1. The van der Waals surface area contributed by atoms with Crippen LogP contribution in [0.15, 0.2) is 53.1 Å². The quantitative estimate of drug-likeness (QED) is 0.475. The summed E-state index contributed by atoms with van der Waals surface area (Å²) in [5.41, 5.74) is 2.03. The predicted molar refractivity (Wildman–Crippen MR) is 101 cm³/mol. The lowest BCUT2D eigenvalue weighted by Gasteiger charge is -2.17. The van der Waals surface area contributed by atoms with Gasteiger partial charge in [0.15, 0.2) is 0 Å². The highest BCUT2D eigenvalue weighted by Crippen LogP contribution is 2.38. The molecule has 128 valence electrons. The molecule has 6 nitrogen and oxygen atoms in total. The van der Waals surface area contributed by atoms with E-state index in [1.807, 2.05) is 37.3 Å². The van der Waals surface area contributed by atoms with Crippen LogP contribution in [0.5, 0.6) is 5.75 Å². The molecule has 3 aromatic rings. The van der Waals surface area contributed by atoms with Gasteiger partial charge in [-0.2, -0.15) is 0 Å². The van der Waals surface area contributed by atoms with Gasteiger partial charge in [0.25, 0.3) is 0 Å². The number of nitrogens with one attached hydrogen (secondary N) is 1. The highest BCUT2D eigenvalue weighted by Gasteiger charge is 2.21. The smallest absolute Gasteiger partial charge is 0.311 e. The molecule has 25 heavy (non-hydrogen) atoms. The Bertz CT molecular complexity index is 932. The van der Waals surface area contributed by atoms with E-state index in [2.05, 4.69) is 26.2 Å². The number of benzene rings is 2. The Hall–Kier alpha value is -2.67. The van der Waals surface area contributed by atoms with E-state index in [1.165, 1.54) is 6.20 Å². The fourth-order valence-corrected chi connectivity index (χ4v) is 3.16. The summed E-state index contributed by atoms with van der Waals surface area (Å²) in [6, 6.07) is 13.2. The van der Waals surface area contributed by atoms with Gasteiger partial charge in [0.05, 0.1) is 22.0 Å². The zero-order valence-corrected chi connectivity index (χ0v) is 15.3. The minimum Gasteiger partial charge on any atom is -0.496 e. The first-order valence-corrected chi connectivity index (χ1v) is 8.42. The van der Waals surface area contributed by atoms with Gasteiger partial charge in [-0.3, -0.25) is 10.1 Å². The number of ether oxygens (including phenoxy) is 1. The Labute approximate surface area is 153 Å². The Kier molecular flexibility index (Phi) is 4.85. The summed E-state index contributed by atoms with van der Waals surface area (Å²) in [4.78, 5) is 15.3. The monoisotopic (exact) mass is 401 g/mol. The lowest BCUT2D eigenvalue weighted by atomic mass is 10.1. The second-order valence-electron chi connectivity index (χ2n) is 5.56. The van der Waals surface area contributed by atoms with Gasteiger partial charge in [-0.1, -0.05) is 30.3 Å². The van der Waals surface area contributed by atoms with Crippen molar-refractivity contribution in [3.05, 3.63) is 68.8 Å². The SMILES string of the molecule is COc1cc2c(N[C@H](C)c3ccccc3)c([N+](=O)[O-])cnc2cc1Br. The van der Waals surface area contributed by atoms with Crippen molar-refractivity contribution in [3.63, 3.8) is 0 Å². The van der Waals surface area contributed by atoms with E-state index in [4.69, 9.17) is 4.74 Å². The van der Waals surface area contributed by atoms with Gasteiger partial charge >= 0.3 is 5.69 Å². The van der Waals surface area contributed by atoms with E-state index in [-0.39, 0.29) is 11.7 Å². The number of nitro groups is 1. The van der Waals surface area contributed by atoms with Gasteiger partial charge in [-0.05, 0) is 40.5 Å². The zero-order chi connectivity index (χ0) is 18.0. The maximum absolute atomic E-state index is 11.5. The molecule has 0 radical (unpaired) electrons. The van der Waals surface area contributed by atoms with Crippen LogP contribution in [0, 0.1) is 10.1 Å². The topological polar surface area (TPSA) is 77.3 Å². The van der Waals surface area contributed by atoms with Gasteiger partial charge < -0.3 is 10.1 Å².